The monoisotopic (exact) mass is 599 g/mol. The fourth-order valence-corrected chi connectivity index (χ4v) is 6.77. The Morgan fingerprint density at radius 3 is 0.884 bits per heavy atom. The van der Waals surface area contributed by atoms with Crippen LogP contribution in [-0.2, 0) is 19.4 Å². The fourth-order valence-electron chi connectivity index (χ4n) is 6.77. The van der Waals surface area contributed by atoms with Crippen molar-refractivity contribution >= 4 is 0 Å². The number of aryl methyl sites for hydroxylation is 3. The molecular formula is C42H80N+. The van der Waals surface area contributed by atoms with Crippen LogP contribution in [-0.4, -0.2) is 0 Å². The van der Waals surface area contributed by atoms with Gasteiger partial charge in [-0.25, -0.2) is 4.57 Å². The number of pyridine rings is 1. The molecule has 0 aromatic carbocycles. The summed E-state index contributed by atoms with van der Waals surface area (Å²) in [4.78, 5) is 0. The van der Waals surface area contributed by atoms with Gasteiger partial charge < -0.3 is 0 Å². The maximum Gasteiger partial charge on any atom is 0.171 e. The second-order valence-corrected chi connectivity index (χ2v) is 14.2. The van der Waals surface area contributed by atoms with E-state index in [2.05, 4.69) is 43.8 Å². The van der Waals surface area contributed by atoms with Crippen molar-refractivity contribution in [3.05, 3.63) is 29.6 Å². The Bertz CT molecular complexity index is 629. The van der Waals surface area contributed by atoms with Crippen molar-refractivity contribution in [3.8, 4) is 0 Å². The lowest BCUT2D eigenvalue weighted by Gasteiger charge is -2.07. The molecule has 0 amide bonds. The van der Waals surface area contributed by atoms with Crippen LogP contribution >= 0.6 is 0 Å². The molecule has 1 rings (SSSR count). The highest BCUT2D eigenvalue weighted by Crippen LogP contribution is 2.16. The van der Waals surface area contributed by atoms with E-state index in [-0.39, 0.29) is 0 Å². The first-order valence-electron chi connectivity index (χ1n) is 20.3. The maximum absolute atomic E-state index is 2.56. The van der Waals surface area contributed by atoms with Gasteiger partial charge in [-0.15, -0.1) is 0 Å². The molecule has 1 aromatic heterocycles. The SMILES string of the molecule is CCCCCCCCCCCCCCCCc1cc(CCCCCCCCCCCCCCCC)c[n+](CCCCC)c1. The molecular weight excluding hydrogens is 518 g/mol. The third-order valence-corrected chi connectivity index (χ3v) is 9.69. The summed E-state index contributed by atoms with van der Waals surface area (Å²) in [6.07, 6.45) is 51.9. The van der Waals surface area contributed by atoms with Gasteiger partial charge in [0.15, 0.2) is 12.4 Å². The van der Waals surface area contributed by atoms with E-state index in [1.54, 1.807) is 11.1 Å². The van der Waals surface area contributed by atoms with E-state index in [0.29, 0.717) is 0 Å². The van der Waals surface area contributed by atoms with Crippen LogP contribution in [0.3, 0.4) is 0 Å². The molecule has 0 bridgehead atoms. The van der Waals surface area contributed by atoms with Gasteiger partial charge >= 0.3 is 0 Å². The molecule has 0 aliphatic rings. The Hall–Kier alpha value is -0.850. The molecule has 0 aliphatic carbocycles. The van der Waals surface area contributed by atoms with E-state index in [1.807, 2.05) is 0 Å². The van der Waals surface area contributed by atoms with Gasteiger partial charge in [0, 0.05) is 17.5 Å². The number of unbranched alkanes of at least 4 members (excludes halogenated alkanes) is 28. The summed E-state index contributed by atoms with van der Waals surface area (Å²) in [7, 11) is 0. The molecule has 0 aliphatic heterocycles. The van der Waals surface area contributed by atoms with Crippen LogP contribution in [0.1, 0.15) is 231 Å². The minimum atomic E-state index is 1.20. The number of nitrogens with zero attached hydrogens (tertiary/aromatic N) is 1. The van der Waals surface area contributed by atoms with Gasteiger partial charge in [0.1, 0.15) is 6.54 Å². The van der Waals surface area contributed by atoms with Gasteiger partial charge in [0.25, 0.3) is 0 Å². The normalized spacial score (nSPS) is 11.5. The topological polar surface area (TPSA) is 3.88 Å². The zero-order valence-electron chi connectivity index (χ0n) is 30.2. The third kappa shape index (κ3) is 27.2. The summed E-state index contributed by atoms with van der Waals surface area (Å²) < 4.78 is 2.54. The smallest absolute Gasteiger partial charge is 0.171 e. The molecule has 0 unspecified atom stereocenters. The number of hydrogen-bond acceptors (Lipinski definition) is 0. The highest BCUT2D eigenvalue weighted by atomic mass is 14.9. The quantitative estimate of drug-likeness (QED) is 0.0549. The summed E-state index contributed by atoms with van der Waals surface area (Å²) in [6.45, 7) is 8.14. The minimum Gasteiger partial charge on any atom is -0.205 e. The molecule has 0 saturated carbocycles. The number of rotatable bonds is 34. The summed E-state index contributed by atoms with van der Waals surface area (Å²) in [5, 5.41) is 0. The molecule has 43 heavy (non-hydrogen) atoms. The van der Waals surface area contributed by atoms with Gasteiger partial charge in [-0.1, -0.05) is 194 Å². The summed E-state index contributed by atoms with van der Waals surface area (Å²) in [5.41, 5.74) is 3.19. The highest BCUT2D eigenvalue weighted by molar-refractivity contribution is 5.15. The van der Waals surface area contributed by atoms with Crippen LogP contribution in [0.15, 0.2) is 18.5 Å². The predicted molar refractivity (Wildman–Crippen MR) is 194 cm³/mol. The van der Waals surface area contributed by atoms with Crippen molar-refractivity contribution in [2.75, 3.05) is 0 Å². The van der Waals surface area contributed by atoms with Crippen molar-refractivity contribution < 1.29 is 4.57 Å². The Morgan fingerprint density at radius 2 is 0.581 bits per heavy atom. The lowest BCUT2D eigenvalue weighted by atomic mass is 10.0. The van der Waals surface area contributed by atoms with Crippen LogP contribution in [0.25, 0.3) is 0 Å². The first-order valence-corrected chi connectivity index (χ1v) is 20.3. The van der Waals surface area contributed by atoms with Crippen molar-refractivity contribution in [2.45, 2.75) is 239 Å². The Morgan fingerprint density at radius 1 is 0.326 bits per heavy atom. The van der Waals surface area contributed by atoms with Gasteiger partial charge in [-0.2, -0.15) is 0 Å². The summed E-state index contributed by atoms with van der Waals surface area (Å²) in [5.74, 6) is 0. The average molecular weight is 599 g/mol. The molecule has 0 atom stereocenters. The third-order valence-electron chi connectivity index (χ3n) is 9.69. The second-order valence-electron chi connectivity index (χ2n) is 14.2. The molecule has 252 valence electrons. The van der Waals surface area contributed by atoms with Gasteiger partial charge in [0.2, 0.25) is 0 Å². The van der Waals surface area contributed by atoms with Crippen molar-refractivity contribution in [1.29, 1.82) is 0 Å². The van der Waals surface area contributed by atoms with Crippen LogP contribution < -0.4 is 4.57 Å². The van der Waals surface area contributed by atoms with Crippen LogP contribution in [0.4, 0.5) is 0 Å². The Balaban J connectivity index is 2.15. The lowest BCUT2D eigenvalue weighted by Crippen LogP contribution is -2.34. The predicted octanol–water partition coefficient (Wildman–Crippen LogP) is 14.2. The Labute approximate surface area is 272 Å². The van der Waals surface area contributed by atoms with Crippen LogP contribution in [0.2, 0.25) is 0 Å². The van der Waals surface area contributed by atoms with E-state index in [4.69, 9.17) is 0 Å². The lowest BCUT2D eigenvalue weighted by molar-refractivity contribution is -0.698. The highest BCUT2D eigenvalue weighted by Gasteiger charge is 2.08. The van der Waals surface area contributed by atoms with E-state index < -0.39 is 0 Å². The van der Waals surface area contributed by atoms with E-state index in [1.165, 1.54) is 218 Å². The van der Waals surface area contributed by atoms with Crippen molar-refractivity contribution in [3.63, 3.8) is 0 Å². The molecule has 1 aromatic rings. The first kappa shape index (κ1) is 40.2. The van der Waals surface area contributed by atoms with Crippen LogP contribution in [0, 0.1) is 0 Å². The number of hydrogen-bond donors (Lipinski definition) is 0. The standard InChI is InChI=1S/C42H80N/c1-4-7-10-12-14-16-18-20-22-24-26-28-30-32-35-41-38-42(40-43(39-41)37-34-9-6-3)36-33-31-29-27-25-23-21-19-17-15-13-11-8-5-2/h38-40H,4-37H2,1-3H3/q+1. The molecule has 0 radical (unpaired) electrons. The molecule has 1 heteroatoms. The zero-order valence-corrected chi connectivity index (χ0v) is 30.2. The van der Waals surface area contributed by atoms with E-state index in [9.17, 15) is 0 Å². The molecule has 0 saturated heterocycles. The van der Waals surface area contributed by atoms with E-state index in [0.717, 1.165) is 0 Å². The molecule has 1 nitrogen and oxygen atoms in total. The molecule has 0 N–H and O–H groups in total. The zero-order chi connectivity index (χ0) is 30.9. The summed E-state index contributed by atoms with van der Waals surface area (Å²) >= 11 is 0. The molecule has 1 heterocycles. The van der Waals surface area contributed by atoms with Gasteiger partial charge in [0.05, 0.1) is 0 Å². The summed E-state index contributed by atoms with van der Waals surface area (Å²) in [6, 6.07) is 2.56. The first-order chi connectivity index (χ1) is 21.3. The van der Waals surface area contributed by atoms with Crippen molar-refractivity contribution in [2.24, 2.45) is 0 Å². The molecule has 0 fully saturated rings. The largest absolute Gasteiger partial charge is 0.205 e. The Kier molecular flexibility index (Phi) is 30.4. The second kappa shape index (κ2) is 32.5. The average Bonchev–Trinajstić information content (AvgIpc) is 3.01. The maximum atomic E-state index is 2.56. The van der Waals surface area contributed by atoms with Crippen LogP contribution in [0.5, 0.6) is 0 Å². The van der Waals surface area contributed by atoms with Gasteiger partial charge in [-0.05, 0) is 38.2 Å². The van der Waals surface area contributed by atoms with Gasteiger partial charge in [-0.3, -0.25) is 0 Å². The number of aromatic nitrogens is 1. The minimum absolute atomic E-state index is 1.20. The fraction of sp³-hybridized carbons (Fsp3) is 0.881. The molecule has 0 spiro atoms. The van der Waals surface area contributed by atoms with E-state index >= 15 is 0 Å². The van der Waals surface area contributed by atoms with Crippen molar-refractivity contribution in [1.82, 2.24) is 0 Å².